The Morgan fingerprint density at radius 1 is 0.741 bits per heavy atom. The summed E-state index contributed by atoms with van der Waals surface area (Å²) in [6.07, 6.45) is 19.4. The third kappa shape index (κ3) is 18.9. The van der Waals surface area contributed by atoms with Gasteiger partial charge in [0.1, 0.15) is 0 Å². The normalized spacial score (nSPS) is 13.1. The molecule has 0 bridgehead atoms. The van der Waals surface area contributed by atoms with Gasteiger partial charge in [-0.05, 0) is 12.8 Å². The summed E-state index contributed by atoms with van der Waals surface area (Å²) < 4.78 is 32.7. The molecule has 164 valence electrons. The van der Waals surface area contributed by atoms with Crippen molar-refractivity contribution < 1.29 is 21.9 Å². The van der Waals surface area contributed by atoms with Crippen LogP contribution in [0.1, 0.15) is 117 Å². The first-order chi connectivity index (χ1) is 13.1. The second-order valence-electron chi connectivity index (χ2n) is 7.47. The third-order valence-electron chi connectivity index (χ3n) is 4.91. The van der Waals surface area contributed by atoms with Gasteiger partial charge in [-0.3, -0.25) is 0 Å². The van der Waals surface area contributed by atoms with Crippen LogP contribution in [-0.2, 0) is 18.8 Å². The highest BCUT2D eigenvalue weighted by Gasteiger charge is 2.18. The maximum Gasteiger partial charge on any atom is 0.400 e. The molecule has 0 heterocycles. The van der Waals surface area contributed by atoms with Crippen molar-refractivity contribution in [2.75, 3.05) is 13.2 Å². The van der Waals surface area contributed by atoms with Crippen molar-refractivity contribution in [3.8, 4) is 0 Å². The zero-order chi connectivity index (χ0) is 20.2. The lowest BCUT2D eigenvalue weighted by atomic mass is 10.0. The van der Waals surface area contributed by atoms with Crippen LogP contribution in [0, 0.1) is 0 Å². The largest absolute Gasteiger partial charge is 0.400 e. The van der Waals surface area contributed by atoms with Gasteiger partial charge in [-0.15, -0.1) is 0 Å². The molecule has 0 aromatic heterocycles. The zero-order valence-corrected chi connectivity index (χ0v) is 18.6. The SMILES string of the molecule is CCCCCCCCCCCCCCCCC(CC)OS(=O)(=O)OCCO. The Bertz CT molecular complexity index is 397. The Morgan fingerprint density at radius 2 is 1.19 bits per heavy atom. The molecule has 0 spiro atoms. The minimum atomic E-state index is -3.98. The molecule has 6 heteroatoms. The zero-order valence-electron chi connectivity index (χ0n) is 17.8. The van der Waals surface area contributed by atoms with Crippen LogP contribution < -0.4 is 0 Å². The van der Waals surface area contributed by atoms with Crippen LogP contribution in [-0.4, -0.2) is 32.8 Å². The van der Waals surface area contributed by atoms with Crippen molar-refractivity contribution in [2.45, 2.75) is 123 Å². The summed E-state index contributed by atoms with van der Waals surface area (Å²) in [5, 5.41) is 8.62. The lowest BCUT2D eigenvalue weighted by Gasteiger charge is -2.15. The predicted molar refractivity (Wildman–Crippen MR) is 112 cm³/mol. The number of hydrogen-bond donors (Lipinski definition) is 1. The topological polar surface area (TPSA) is 72.8 Å². The highest BCUT2D eigenvalue weighted by molar-refractivity contribution is 7.81. The van der Waals surface area contributed by atoms with Gasteiger partial charge in [-0.25, -0.2) is 8.37 Å². The van der Waals surface area contributed by atoms with E-state index in [1.165, 1.54) is 77.0 Å². The predicted octanol–water partition coefficient (Wildman–Crippen LogP) is 5.91. The summed E-state index contributed by atoms with van der Waals surface area (Å²) in [5.74, 6) is 0. The minimum absolute atomic E-state index is 0.252. The lowest BCUT2D eigenvalue weighted by Crippen LogP contribution is -2.20. The summed E-state index contributed by atoms with van der Waals surface area (Å²) in [4.78, 5) is 0. The first kappa shape index (κ1) is 26.8. The highest BCUT2D eigenvalue weighted by Crippen LogP contribution is 2.16. The Balaban J connectivity index is 3.46. The van der Waals surface area contributed by atoms with Crippen molar-refractivity contribution in [3.63, 3.8) is 0 Å². The molecule has 0 radical (unpaired) electrons. The van der Waals surface area contributed by atoms with E-state index < -0.39 is 10.4 Å². The van der Waals surface area contributed by atoms with Crippen molar-refractivity contribution in [2.24, 2.45) is 0 Å². The Kier molecular flexibility index (Phi) is 19.0. The average molecular weight is 409 g/mol. The standard InChI is InChI=1S/C21H44O5S/c1-3-5-6-7-8-9-10-11-12-13-14-15-16-17-18-21(4-2)26-27(23,24)25-20-19-22/h21-22H,3-20H2,1-2H3. The van der Waals surface area contributed by atoms with E-state index in [1.54, 1.807) is 0 Å². The van der Waals surface area contributed by atoms with E-state index in [0.29, 0.717) is 6.42 Å². The molecule has 0 aliphatic carbocycles. The Labute approximate surface area is 168 Å². The van der Waals surface area contributed by atoms with Crippen LogP contribution in [0.25, 0.3) is 0 Å². The lowest BCUT2D eigenvalue weighted by molar-refractivity contribution is 0.127. The van der Waals surface area contributed by atoms with Gasteiger partial charge in [0.2, 0.25) is 0 Å². The molecule has 1 unspecified atom stereocenters. The van der Waals surface area contributed by atoms with E-state index in [1.807, 2.05) is 6.92 Å². The van der Waals surface area contributed by atoms with Gasteiger partial charge < -0.3 is 5.11 Å². The molecule has 5 nitrogen and oxygen atoms in total. The van der Waals surface area contributed by atoms with Gasteiger partial charge >= 0.3 is 10.4 Å². The van der Waals surface area contributed by atoms with E-state index >= 15 is 0 Å². The van der Waals surface area contributed by atoms with Gasteiger partial charge in [0.15, 0.2) is 0 Å². The average Bonchev–Trinajstić information content (AvgIpc) is 2.65. The molecule has 0 saturated heterocycles. The van der Waals surface area contributed by atoms with Crippen LogP contribution >= 0.6 is 0 Å². The summed E-state index contributed by atoms with van der Waals surface area (Å²) in [6.45, 7) is 3.59. The molecular weight excluding hydrogens is 364 g/mol. The van der Waals surface area contributed by atoms with Crippen LogP contribution in [0.15, 0.2) is 0 Å². The second kappa shape index (κ2) is 19.2. The molecule has 0 aliphatic rings. The Morgan fingerprint density at radius 3 is 1.59 bits per heavy atom. The molecule has 0 rings (SSSR count). The number of aliphatic hydroxyl groups excluding tert-OH is 1. The van der Waals surface area contributed by atoms with Crippen molar-refractivity contribution >= 4 is 10.4 Å². The van der Waals surface area contributed by atoms with Gasteiger partial charge in [-0.2, -0.15) is 8.42 Å². The number of rotatable bonds is 21. The second-order valence-corrected chi connectivity index (χ2v) is 8.71. The van der Waals surface area contributed by atoms with Gasteiger partial charge in [0, 0.05) is 0 Å². The number of aliphatic hydroxyl groups is 1. The number of unbranched alkanes of at least 4 members (excludes halogenated alkanes) is 13. The molecule has 0 saturated carbocycles. The maximum atomic E-state index is 11.6. The molecule has 0 aromatic carbocycles. The van der Waals surface area contributed by atoms with Crippen molar-refractivity contribution in [1.82, 2.24) is 0 Å². The summed E-state index contributed by atoms with van der Waals surface area (Å²) >= 11 is 0. The quantitative estimate of drug-likeness (QED) is 0.239. The Hall–Kier alpha value is -0.170. The molecule has 1 atom stereocenters. The first-order valence-corrected chi connectivity index (χ1v) is 12.6. The summed E-state index contributed by atoms with van der Waals surface area (Å²) in [7, 11) is -3.98. The minimum Gasteiger partial charge on any atom is -0.394 e. The first-order valence-electron chi connectivity index (χ1n) is 11.2. The fourth-order valence-corrected chi connectivity index (χ4v) is 4.12. The van der Waals surface area contributed by atoms with E-state index in [2.05, 4.69) is 11.1 Å². The highest BCUT2D eigenvalue weighted by atomic mass is 32.3. The van der Waals surface area contributed by atoms with Crippen LogP contribution in [0.4, 0.5) is 0 Å². The molecule has 27 heavy (non-hydrogen) atoms. The van der Waals surface area contributed by atoms with Crippen LogP contribution in [0.3, 0.4) is 0 Å². The van der Waals surface area contributed by atoms with E-state index in [4.69, 9.17) is 9.29 Å². The summed E-state index contributed by atoms with van der Waals surface area (Å²) in [6, 6.07) is 0. The molecule has 0 fully saturated rings. The molecule has 0 aromatic rings. The fraction of sp³-hybridized carbons (Fsp3) is 1.00. The van der Waals surface area contributed by atoms with E-state index in [0.717, 1.165) is 19.3 Å². The van der Waals surface area contributed by atoms with Gasteiger partial charge in [0.05, 0.1) is 19.3 Å². The van der Waals surface area contributed by atoms with E-state index in [9.17, 15) is 8.42 Å². The fourth-order valence-electron chi connectivity index (χ4n) is 3.22. The summed E-state index contributed by atoms with van der Waals surface area (Å²) in [5.41, 5.74) is 0. The number of hydrogen-bond acceptors (Lipinski definition) is 5. The third-order valence-corrected chi connectivity index (χ3v) is 5.87. The smallest absolute Gasteiger partial charge is 0.394 e. The molecule has 0 aliphatic heterocycles. The van der Waals surface area contributed by atoms with E-state index in [-0.39, 0.29) is 19.3 Å². The molecular formula is C21H44O5S. The maximum absolute atomic E-state index is 11.6. The van der Waals surface area contributed by atoms with Crippen molar-refractivity contribution in [3.05, 3.63) is 0 Å². The van der Waals surface area contributed by atoms with Crippen molar-refractivity contribution in [1.29, 1.82) is 0 Å². The van der Waals surface area contributed by atoms with Gasteiger partial charge in [0.25, 0.3) is 0 Å². The van der Waals surface area contributed by atoms with Crippen LogP contribution in [0.5, 0.6) is 0 Å². The molecule has 0 amide bonds. The molecule has 1 N–H and O–H groups in total. The monoisotopic (exact) mass is 408 g/mol. The van der Waals surface area contributed by atoms with Crippen LogP contribution in [0.2, 0.25) is 0 Å². The van der Waals surface area contributed by atoms with Gasteiger partial charge in [-0.1, -0.05) is 104 Å².